The van der Waals surface area contributed by atoms with E-state index in [1.165, 1.54) is 0 Å². The first-order valence-corrected chi connectivity index (χ1v) is 5.46. The number of nitrogens with zero attached hydrogens (tertiary/aromatic N) is 3. The van der Waals surface area contributed by atoms with Gasteiger partial charge in [-0.1, -0.05) is 6.92 Å². The monoisotopic (exact) mass is 225 g/mol. The molecule has 0 aliphatic heterocycles. The van der Waals surface area contributed by atoms with Crippen LogP contribution in [0, 0.1) is 0 Å². The number of likely N-dealkylation sites (N-methyl/N-ethyl adjacent to an activating group) is 1. The van der Waals surface area contributed by atoms with Gasteiger partial charge in [0.1, 0.15) is 6.61 Å². The number of ether oxygens (including phenoxy) is 2. The molecule has 5 nitrogen and oxygen atoms in total. The Balaban J connectivity index is 2.33. The highest BCUT2D eigenvalue weighted by atomic mass is 16.5. The Morgan fingerprint density at radius 2 is 1.62 bits per heavy atom. The molecule has 0 aliphatic rings. The standard InChI is InChI=1S/C11H19N3O2/c1-4-8-15-10-5-6-11(13-12-10)16-9-7-14(2)3/h5-6H,4,7-9H2,1-3H3. The van der Waals surface area contributed by atoms with Crippen LogP contribution in [0.3, 0.4) is 0 Å². The van der Waals surface area contributed by atoms with Gasteiger partial charge in [0.15, 0.2) is 0 Å². The van der Waals surface area contributed by atoms with Crippen LogP contribution < -0.4 is 9.47 Å². The second-order valence-electron chi connectivity index (χ2n) is 3.71. The van der Waals surface area contributed by atoms with Crippen molar-refractivity contribution >= 4 is 0 Å². The minimum Gasteiger partial charge on any atom is -0.477 e. The van der Waals surface area contributed by atoms with Gasteiger partial charge in [-0.25, -0.2) is 0 Å². The molecule has 0 N–H and O–H groups in total. The number of hydrogen-bond acceptors (Lipinski definition) is 5. The average molecular weight is 225 g/mol. The lowest BCUT2D eigenvalue weighted by molar-refractivity contribution is 0.248. The topological polar surface area (TPSA) is 47.5 Å². The summed E-state index contributed by atoms with van der Waals surface area (Å²) in [5, 5.41) is 7.82. The smallest absolute Gasteiger partial charge is 0.233 e. The molecule has 0 aliphatic carbocycles. The molecule has 0 saturated carbocycles. The Kier molecular flexibility index (Phi) is 5.56. The van der Waals surface area contributed by atoms with Crippen LogP contribution in [-0.2, 0) is 0 Å². The summed E-state index contributed by atoms with van der Waals surface area (Å²) in [5.41, 5.74) is 0. The Hall–Kier alpha value is -1.36. The maximum atomic E-state index is 5.41. The van der Waals surface area contributed by atoms with Crippen LogP contribution in [0.2, 0.25) is 0 Å². The molecule has 1 aromatic heterocycles. The molecule has 0 saturated heterocycles. The molecule has 0 amide bonds. The average Bonchev–Trinajstić information content (AvgIpc) is 2.27. The molecule has 16 heavy (non-hydrogen) atoms. The number of aromatic nitrogens is 2. The van der Waals surface area contributed by atoms with Crippen molar-refractivity contribution in [2.75, 3.05) is 33.9 Å². The Morgan fingerprint density at radius 3 is 2.06 bits per heavy atom. The van der Waals surface area contributed by atoms with Crippen LogP contribution in [0.25, 0.3) is 0 Å². The zero-order chi connectivity index (χ0) is 11.8. The SMILES string of the molecule is CCCOc1ccc(OCCN(C)C)nn1. The lowest BCUT2D eigenvalue weighted by atomic mass is 10.5. The van der Waals surface area contributed by atoms with Crippen LogP contribution in [-0.4, -0.2) is 49.0 Å². The lowest BCUT2D eigenvalue weighted by Gasteiger charge is -2.10. The molecule has 0 aromatic carbocycles. The molecule has 0 spiro atoms. The van der Waals surface area contributed by atoms with Crippen LogP contribution in [0.4, 0.5) is 0 Å². The quantitative estimate of drug-likeness (QED) is 0.698. The third-order valence-electron chi connectivity index (χ3n) is 1.86. The highest BCUT2D eigenvalue weighted by molar-refractivity contribution is 5.15. The lowest BCUT2D eigenvalue weighted by Crippen LogP contribution is -2.19. The van der Waals surface area contributed by atoms with Crippen LogP contribution >= 0.6 is 0 Å². The van der Waals surface area contributed by atoms with Crippen LogP contribution in [0.1, 0.15) is 13.3 Å². The van der Waals surface area contributed by atoms with E-state index in [0.717, 1.165) is 13.0 Å². The zero-order valence-electron chi connectivity index (χ0n) is 10.1. The second kappa shape index (κ2) is 7.00. The predicted molar refractivity (Wildman–Crippen MR) is 61.9 cm³/mol. The normalized spacial score (nSPS) is 10.5. The van der Waals surface area contributed by atoms with E-state index in [0.29, 0.717) is 25.0 Å². The van der Waals surface area contributed by atoms with E-state index >= 15 is 0 Å². The molecule has 0 unspecified atom stereocenters. The van der Waals surface area contributed by atoms with Crippen molar-refractivity contribution in [2.24, 2.45) is 0 Å². The number of rotatable bonds is 7. The largest absolute Gasteiger partial charge is 0.477 e. The van der Waals surface area contributed by atoms with Gasteiger partial charge in [-0.2, -0.15) is 0 Å². The Bertz CT molecular complexity index is 288. The van der Waals surface area contributed by atoms with E-state index in [2.05, 4.69) is 10.2 Å². The van der Waals surface area contributed by atoms with Gasteiger partial charge in [0.25, 0.3) is 0 Å². The molecule has 0 radical (unpaired) electrons. The van der Waals surface area contributed by atoms with Gasteiger partial charge in [0.2, 0.25) is 11.8 Å². The van der Waals surface area contributed by atoms with E-state index in [1.807, 2.05) is 25.9 Å². The van der Waals surface area contributed by atoms with Crippen molar-refractivity contribution in [3.8, 4) is 11.8 Å². The van der Waals surface area contributed by atoms with Crippen molar-refractivity contribution in [3.63, 3.8) is 0 Å². The first kappa shape index (κ1) is 12.7. The first-order valence-electron chi connectivity index (χ1n) is 5.46. The van der Waals surface area contributed by atoms with Crippen molar-refractivity contribution in [1.29, 1.82) is 0 Å². The fourth-order valence-corrected chi connectivity index (χ4v) is 1.00. The molecule has 90 valence electrons. The van der Waals surface area contributed by atoms with Gasteiger partial charge in [0.05, 0.1) is 6.61 Å². The van der Waals surface area contributed by atoms with Gasteiger partial charge in [-0.15, -0.1) is 10.2 Å². The summed E-state index contributed by atoms with van der Waals surface area (Å²) in [4.78, 5) is 2.05. The number of hydrogen-bond donors (Lipinski definition) is 0. The summed E-state index contributed by atoms with van der Waals surface area (Å²) < 4.78 is 10.7. The molecule has 0 atom stereocenters. The summed E-state index contributed by atoms with van der Waals surface area (Å²) in [7, 11) is 3.99. The Morgan fingerprint density at radius 1 is 1.06 bits per heavy atom. The summed E-state index contributed by atoms with van der Waals surface area (Å²) in [6.45, 7) is 4.17. The molecule has 1 rings (SSSR count). The van der Waals surface area contributed by atoms with E-state index in [-0.39, 0.29) is 0 Å². The zero-order valence-corrected chi connectivity index (χ0v) is 10.1. The van der Waals surface area contributed by atoms with Gasteiger partial charge in [-0.3, -0.25) is 0 Å². The van der Waals surface area contributed by atoms with Crippen molar-refractivity contribution in [3.05, 3.63) is 12.1 Å². The van der Waals surface area contributed by atoms with E-state index < -0.39 is 0 Å². The van der Waals surface area contributed by atoms with Crippen LogP contribution in [0.5, 0.6) is 11.8 Å². The highest BCUT2D eigenvalue weighted by Crippen LogP contribution is 2.10. The fraction of sp³-hybridized carbons (Fsp3) is 0.636. The minimum atomic E-state index is 0.533. The van der Waals surface area contributed by atoms with Gasteiger partial charge in [-0.05, 0) is 20.5 Å². The highest BCUT2D eigenvalue weighted by Gasteiger charge is 1.99. The maximum Gasteiger partial charge on any atom is 0.233 e. The van der Waals surface area contributed by atoms with Crippen molar-refractivity contribution in [2.45, 2.75) is 13.3 Å². The van der Waals surface area contributed by atoms with Crippen molar-refractivity contribution in [1.82, 2.24) is 15.1 Å². The molecule has 1 aromatic rings. The van der Waals surface area contributed by atoms with E-state index in [4.69, 9.17) is 9.47 Å². The maximum absolute atomic E-state index is 5.41. The van der Waals surface area contributed by atoms with Crippen molar-refractivity contribution < 1.29 is 9.47 Å². The van der Waals surface area contributed by atoms with Crippen LogP contribution in [0.15, 0.2) is 12.1 Å². The molecular formula is C11H19N3O2. The summed E-state index contributed by atoms with van der Waals surface area (Å²) in [5.74, 6) is 1.08. The molecule has 0 bridgehead atoms. The summed E-state index contributed by atoms with van der Waals surface area (Å²) in [6, 6.07) is 3.54. The fourth-order valence-electron chi connectivity index (χ4n) is 1.00. The van der Waals surface area contributed by atoms with E-state index in [9.17, 15) is 0 Å². The summed E-state index contributed by atoms with van der Waals surface area (Å²) in [6.07, 6.45) is 0.961. The summed E-state index contributed by atoms with van der Waals surface area (Å²) >= 11 is 0. The molecule has 5 heteroatoms. The molecular weight excluding hydrogens is 206 g/mol. The third-order valence-corrected chi connectivity index (χ3v) is 1.86. The Labute approximate surface area is 96.4 Å². The first-order chi connectivity index (χ1) is 7.72. The second-order valence-corrected chi connectivity index (χ2v) is 3.71. The van der Waals surface area contributed by atoms with Gasteiger partial charge in [0, 0.05) is 18.7 Å². The minimum absolute atomic E-state index is 0.533. The molecule has 0 fully saturated rings. The van der Waals surface area contributed by atoms with E-state index in [1.54, 1.807) is 12.1 Å². The molecule has 1 heterocycles. The third kappa shape index (κ3) is 4.93. The predicted octanol–water partition coefficient (Wildman–Crippen LogP) is 1.21. The van der Waals surface area contributed by atoms with Gasteiger partial charge >= 0.3 is 0 Å². The van der Waals surface area contributed by atoms with Gasteiger partial charge < -0.3 is 14.4 Å².